The summed E-state index contributed by atoms with van der Waals surface area (Å²) in [5.74, 6) is -0.979. The van der Waals surface area contributed by atoms with Crippen LogP contribution in [-0.4, -0.2) is 60.2 Å². The fourth-order valence-corrected chi connectivity index (χ4v) is 4.02. The zero-order chi connectivity index (χ0) is 17.1. The molecule has 2 heterocycles. The molecule has 1 N–H and O–H groups in total. The fourth-order valence-electron chi connectivity index (χ4n) is 4.02. The average Bonchev–Trinajstić information content (AvgIpc) is 3.10. The highest BCUT2D eigenvalue weighted by molar-refractivity contribution is 5.76. The van der Waals surface area contributed by atoms with E-state index in [4.69, 9.17) is 4.74 Å². The van der Waals surface area contributed by atoms with Gasteiger partial charge in [0.05, 0.1) is 7.11 Å². The minimum absolute atomic E-state index is 0.393. The first-order valence-electron chi connectivity index (χ1n) is 8.64. The number of aliphatic carboxylic acids is 1. The molecule has 2 saturated heterocycles. The summed E-state index contributed by atoms with van der Waals surface area (Å²) in [6, 6.07) is 3.76. The third-order valence-electron chi connectivity index (χ3n) is 5.24. The lowest BCUT2D eigenvalue weighted by molar-refractivity contribution is -0.144. The van der Waals surface area contributed by atoms with Crippen LogP contribution in [0.25, 0.3) is 0 Å². The van der Waals surface area contributed by atoms with Gasteiger partial charge in [0.2, 0.25) is 0 Å². The number of carboxylic acid groups (broad SMARTS) is 1. The first-order valence-corrected chi connectivity index (χ1v) is 8.64. The van der Waals surface area contributed by atoms with Crippen molar-refractivity contribution in [3.8, 4) is 5.75 Å². The van der Waals surface area contributed by atoms with Gasteiger partial charge in [-0.3, -0.25) is 9.69 Å². The summed E-state index contributed by atoms with van der Waals surface area (Å²) in [6.45, 7) is 3.73. The van der Waals surface area contributed by atoms with Gasteiger partial charge in [0, 0.05) is 24.7 Å². The second-order valence-corrected chi connectivity index (χ2v) is 6.64. The van der Waals surface area contributed by atoms with Gasteiger partial charge in [0.1, 0.15) is 17.6 Å². The first-order chi connectivity index (χ1) is 11.6. The first kappa shape index (κ1) is 17.2. The van der Waals surface area contributed by atoms with Crippen LogP contribution in [0.1, 0.15) is 37.3 Å². The Hall–Kier alpha value is -1.66. The molecular weight excluding hydrogens is 311 g/mol. The molecule has 0 radical (unpaired) electrons. The number of piperidine rings is 1. The molecule has 0 aliphatic carbocycles. The Kier molecular flexibility index (Phi) is 5.36. The van der Waals surface area contributed by atoms with Crippen LogP contribution in [0.15, 0.2) is 18.2 Å². The van der Waals surface area contributed by atoms with E-state index >= 15 is 0 Å². The predicted octanol–water partition coefficient (Wildman–Crippen LogP) is 2.52. The number of halogens is 1. The van der Waals surface area contributed by atoms with Gasteiger partial charge in [0.15, 0.2) is 0 Å². The number of ether oxygens (including phenoxy) is 1. The van der Waals surface area contributed by atoms with E-state index in [1.165, 1.54) is 38.2 Å². The number of methoxy groups -OCH3 is 1. The lowest BCUT2D eigenvalue weighted by Crippen LogP contribution is -2.46. The van der Waals surface area contributed by atoms with Crippen molar-refractivity contribution in [1.29, 1.82) is 0 Å². The standard InChI is InChI=1S/C18H25FN2O3/c1-24-16-5-4-13(19)12-15(16)17(18(22)23)21-10-6-14(7-11-21)20-8-2-3-9-20/h4-5,12,14,17H,2-3,6-11H2,1H3,(H,22,23). The highest BCUT2D eigenvalue weighted by Gasteiger charge is 2.35. The number of carbonyl (C=O) groups is 1. The minimum atomic E-state index is -0.960. The molecule has 2 aliphatic heterocycles. The van der Waals surface area contributed by atoms with Crippen LogP contribution in [0.5, 0.6) is 5.75 Å². The van der Waals surface area contributed by atoms with Gasteiger partial charge < -0.3 is 14.7 Å². The molecular formula is C18H25FN2O3. The van der Waals surface area contributed by atoms with Crippen molar-refractivity contribution in [2.45, 2.75) is 37.8 Å². The third-order valence-corrected chi connectivity index (χ3v) is 5.24. The van der Waals surface area contributed by atoms with Gasteiger partial charge >= 0.3 is 5.97 Å². The monoisotopic (exact) mass is 336 g/mol. The molecule has 0 bridgehead atoms. The molecule has 1 aromatic rings. The Morgan fingerprint density at radius 1 is 1.25 bits per heavy atom. The summed E-state index contributed by atoms with van der Waals surface area (Å²) in [4.78, 5) is 16.3. The van der Waals surface area contributed by atoms with E-state index in [1.54, 1.807) is 0 Å². The maximum atomic E-state index is 13.7. The molecule has 0 spiro atoms. The Bertz CT molecular complexity index is 582. The number of nitrogens with zero attached hydrogens (tertiary/aromatic N) is 2. The summed E-state index contributed by atoms with van der Waals surface area (Å²) in [5, 5.41) is 9.74. The molecule has 0 aromatic heterocycles. The van der Waals surface area contributed by atoms with Crippen LogP contribution in [0.2, 0.25) is 0 Å². The zero-order valence-electron chi connectivity index (χ0n) is 14.1. The Balaban J connectivity index is 1.75. The number of rotatable bonds is 5. The molecule has 2 aliphatic rings. The van der Waals surface area contributed by atoms with Crippen LogP contribution in [0.4, 0.5) is 4.39 Å². The van der Waals surface area contributed by atoms with Gasteiger partial charge in [-0.05, 0) is 57.0 Å². The SMILES string of the molecule is COc1ccc(F)cc1C(C(=O)O)N1CCC(N2CCCC2)CC1. The lowest BCUT2D eigenvalue weighted by atomic mass is 9.97. The van der Waals surface area contributed by atoms with Gasteiger partial charge in [-0.25, -0.2) is 4.39 Å². The second-order valence-electron chi connectivity index (χ2n) is 6.64. The topological polar surface area (TPSA) is 53.0 Å². The van der Waals surface area contributed by atoms with E-state index in [2.05, 4.69) is 4.90 Å². The Morgan fingerprint density at radius 2 is 1.92 bits per heavy atom. The molecule has 1 unspecified atom stereocenters. The van der Waals surface area contributed by atoms with Crippen LogP contribution >= 0.6 is 0 Å². The van der Waals surface area contributed by atoms with Crippen molar-refractivity contribution in [2.24, 2.45) is 0 Å². The summed E-state index contributed by atoms with van der Waals surface area (Å²) >= 11 is 0. The summed E-state index contributed by atoms with van der Waals surface area (Å²) in [6.07, 6.45) is 4.44. The molecule has 0 saturated carbocycles. The molecule has 6 heteroatoms. The Morgan fingerprint density at radius 3 is 2.50 bits per heavy atom. The molecule has 24 heavy (non-hydrogen) atoms. The summed E-state index contributed by atoms with van der Waals surface area (Å²) < 4.78 is 18.9. The number of carboxylic acids is 1. The summed E-state index contributed by atoms with van der Waals surface area (Å²) in [5.41, 5.74) is 0.393. The highest BCUT2D eigenvalue weighted by Crippen LogP contribution is 2.33. The van der Waals surface area contributed by atoms with Crippen molar-refractivity contribution in [2.75, 3.05) is 33.3 Å². The maximum absolute atomic E-state index is 13.7. The normalized spacial score (nSPS) is 21.8. The zero-order valence-corrected chi connectivity index (χ0v) is 14.1. The van der Waals surface area contributed by atoms with E-state index in [0.29, 0.717) is 30.4 Å². The lowest BCUT2D eigenvalue weighted by Gasteiger charge is -2.39. The number of likely N-dealkylation sites (tertiary alicyclic amines) is 2. The van der Waals surface area contributed by atoms with Crippen molar-refractivity contribution in [1.82, 2.24) is 9.80 Å². The number of hydrogen-bond donors (Lipinski definition) is 1. The van der Waals surface area contributed by atoms with Gasteiger partial charge in [-0.2, -0.15) is 0 Å². The molecule has 1 atom stereocenters. The number of hydrogen-bond acceptors (Lipinski definition) is 4. The smallest absolute Gasteiger partial charge is 0.325 e. The molecule has 2 fully saturated rings. The minimum Gasteiger partial charge on any atom is -0.496 e. The third kappa shape index (κ3) is 3.54. The molecule has 1 aromatic carbocycles. The fraction of sp³-hybridized carbons (Fsp3) is 0.611. The van der Waals surface area contributed by atoms with Crippen molar-refractivity contribution in [3.63, 3.8) is 0 Å². The van der Waals surface area contributed by atoms with Crippen LogP contribution in [-0.2, 0) is 4.79 Å². The van der Waals surface area contributed by atoms with E-state index in [1.807, 2.05) is 4.90 Å². The number of benzene rings is 1. The highest BCUT2D eigenvalue weighted by atomic mass is 19.1. The van der Waals surface area contributed by atoms with E-state index in [-0.39, 0.29) is 0 Å². The van der Waals surface area contributed by atoms with Gasteiger partial charge in [0.25, 0.3) is 0 Å². The molecule has 3 rings (SSSR count). The van der Waals surface area contributed by atoms with Crippen molar-refractivity contribution >= 4 is 5.97 Å². The van der Waals surface area contributed by atoms with Crippen LogP contribution < -0.4 is 4.74 Å². The largest absolute Gasteiger partial charge is 0.496 e. The summed E-state index contributed by atoms with van der Waals surface area (Å²) in [7, 11) is 1.48. The van der Waals surface area contributed by atoms with E-state index < -0.39 is 17.8 Å². The van der Waals surface area contributed by atoms with Gasteiger partial charge in [-0.1, -0.05) is 0 Å². The molecule has 0 amide bonds. The van der Waals surface area contributed by atoms with Crippen molar-refractivity contribution in [3.05, 3.63) is 29.6 Å². The predicted molar refractivity (Wildman–Crippen MR) is 88.7 cm³/mol. The average molecular weight is 336 g/mol. The van der Waals surface area contributed by atoms with Gasteiger partial charge in [-0.15, -0.1) is 0 Å². The maximum Gasteiger partial charge on any atom is 0.325 e. The molecule has 132 valence electrons. The van der Waals surface area contributed by atoms with E-state index in [0.717, 1.165) is 25.9 Å². The van der Waals surface area contributed by atoms with Crippen LogP contribution in [0.3, 0.4) is 0 Å². The Labute approximate surface area is 142 Å². The molecule has 5 nitrogen and oxygen atoms in total. The quantitative estimate of drug-likeness (QED) is 0.895. The van der Waals surface area contributed by atoms with Crippen molar-refractivity contribution < 1.29 is 19.0 Å². The van der Waals surface area contributed by atoms with E-state index in [9.17, 15) is 14.3 Å². The second kappa shape index (κ2) is 7.49. The van der Waals surface area contributed by atoms with Crippen LogP contribution in [0, 0.1) is 5.82 Å².